The summed E-state index contributed by atoms with van der Waals surface area (Å²) in [5.41, 5.74) is -5.66. The van der Waals surface area contributed by atoms with Gasteiger partial charge in [-0.1, -0.05) is 23.6 Å². The zero-order valence-electron chi connectivity index (χ0n) is 36.0. The molecule has 2 saturated carbocycles. The molecule has 2 aromatic carbocycles. The van der Waals surface area contributed by atoms with Crippen molar-refractivity contribution < 1.29 is 65.5 Å². The Morgan fingerprint density at radius 2 is 1.49 bits per heavy atom. The summed E-state index contributed by atoms with van der Waals surface area (Å²) in [5.74, 6) is -8.18. The Hall–Kier alpha value is -5.01. The van der Waals surface area contributed by atoms with Gasteiger partial charge in [0, 0.05) is 47.8 Å². The molecule has 2 fully saturated rings. The molecule has 8 rings (SSSR count). The van der Waals surface area contributed by atoms with Gasteiger partial charge in [-0.05, 0) is 87.8 Å². The van der Waals surface area contributed by atoms with Gasteiger partial charge in [0.25, 0.3) is 24.7 Å². The summed E-state index contributed by atoms with van der Waals surface area (Å²) < 4.78 is 200. The lowest BCUT2D eigenvalue weighted by atomic mass is 9.86. The van der Waals surface area contributed by atoms with Crippen LogP contribution in [0.2, 0.25) is 5.02 Å². The molecule has 68 heavy (non-hydrogen) atoms. The Morgan fingerprint density at radius 1 is 0.853 bits per heavy atom. The Balaban J connectivity index is 1.33. The predicted octanol–water partition coefficient (Wildman–Crippen LogP) is 10.2. The van der Waals surface area contributed by atoms with Crippen molar-refractivity contribution in [2.75, 3.05) is 0 Å². The van der Waals surface area contributed by atoms with Crippen molar-refractivity contribution in [2.45, 2.75) is 130 Å². The number of nitrogens with zero attached hydrogens (tertiary/aromatic N) is 5. The lowest BCUT2D eigenvalue weighted by molar-refractivity contribution is -0.121. The summed E-state index contributed by atoms with van der Waals surface area (Å²) in [7, 11) is -7.62. The van der Waals surface area contributed by atoms with Crippen LogP contribution in [-0.2, 0) is 61.6 Å². The molecule has 10 nitrogen and oxygen atoms in total. The largest absolute Gasteiger partial charge is 0.298 e. The number of ketones is 1. The van der Waals surface area contributed by atoms with Crippen LogP contribution in [0.15, 0.2) is 42.5 Å². The van der Waals surface area contributed by atoms with E-state index in [0.29, 0.717) is 31.7 Å². The monoisotopic (exact) mass is 1020 g/mol. The molecule has 3 aliphatic rings. The second kappa shape index (κ2) is 17.7. The number of carbonyl (C=O) groups excluding carboxylic acids is 1. The Labute approximate surface area is 388 Å². The highest BCUT2D eigenvalue weighted by molar-refractivity contribution is 7.93. The van der Waals surface area contributed by atoms with Gasteiger partial charge in [-0.15, -0.1) is 0 Å². The average molecular weight is 1020 g/mol. The average Bonchev–Trinajstić information content (AvgIpc) is 4.17. The third-order valence-electron chi connectivity index (χ3n) is 12.2. The molecule has 364 valence electrons. The van der Waals surface area contributed by atoms with Crippen molar-refractivity contribution in [3.8, 4) is 23.0 Å². The molecule has 0 bridgehead atoms. The summed E-state index contributed by atoms with van der Waals surface area (Å²) in [6.07, 6.45) is -9.50. The van der Waals surface area contributed by atoms with Crippen LogP contribution >= 0.6 is 11.6 Å². The molecule has 0 spiro atoms. The van der Waals surface area contributed by atoms with Crippen molar-refractivity contribution >= 4 is 48.0 Å². The highest BCUT2D eigenvalue weighted by Crippen LogP contribution is 2.52. The molecular formula is C45H40ClF10N5O5S2. The number of alkyl halides is 8. The molecule has 23 heteroatoms. The van der Waals surface area contributed by atoms with Crippen LogP contribution in [0.4, 0.5) is 43.9 Å². The first kappa shape index (κ1) is 49.4. The summed E-state index contributed by atoms with van der Waals surface area (Å²) in [6.45, 7) is 0.409. The van der Waals surface area contributed by atoms with Crippen molar-refractivity contribution in [2.24, 2.45) is 0 Å². The number of sulfone groups is 2. The fourth-order valence-corrected chi connectivity index (χ4v) is 12.4. The van der Waals surface area contributed by atoms with Gasteiger partial charge in [-0.2, -0.15) is 19.0 Å². The number of hydrogen-bond donors (Lipinski definition) is 0. The topological polar surface area (TPSA) is 134 Å². The minimum Gasteiger partial charge on any atom is -0.298 e. The molecule has 5 aromatic rings. The lowest BCUT2D eigenvalue weighted by Gasteiger charge is -2.29. The highest BCUT2D eigenvalue weighted by Gasteiger charge is 2.55. The van der Waals surface area contributed by atoms with Crippen LogP contribution in [0.3, 0.4) is 0 Å². The van der Waals surface area contributed by atoms with Crippen LogP contribution in [0.25, 0.3) is 22.0 Å². The molecule has 0 N–H and O–H groups in total. The summed E-state index contributed by atoms with van der Waals surface area (Å²) in [6, 6.07) is 7.72. The van der Waals surface area contributed by atoms with E-state index >= 15 is 17.6 Å². The van der Waals surface area contributed by atoms with Crippen LogP contribution in [0.1, 0.15) is 111 Å². The predicted molar refractivity (Wildman–Crippen MR) is 229 cm³/mol. The number of pyridine rings is 1. The highest BCUT2D eigenvalue weighted by atomic mass is 35.5. The second-order valence-corrected chi connectivity index (χ2v) is 23.3. The van der Waals surface area contributed by atoms with Gasteiger partial charge in [0.15, 0.2) is 25.5 Å². The van der Waals surface area contributed by atoms with E-state index < -0.39 is 144 Å². The van der Waals surface area contributed by atoms with Crippen molar-refractivity contribution in [3.05, 3.63) is 98.7 Å². The summed E-state index contributed by atoms with van der Waals surface area (Å²) >= 11 is 6.67. The van der Waals surface area contributed by atoms with Gasteiger partial charge >= 0.3 is 0 Å². The molecular weight excluding hydrogens is 980 g/mol. The number of fused-ring (bicyclic) bond motifs is 2. The van der Waals surface area contributed by atoms with E-state index in [0.717, 1.165) is 16.8 Å². The molecule has 0 amide bonds. The second-order valence-electron chi connectivity index (χ2n) is 17.9. The third kappa shape index (κ3) is 9.76. The van der Waals surface area contributed by atoms with E-state index in [4.69, 9.17) is 16.6 Å². The Bertz CT molecular complexity index is 3120. The third-order valence-corrected chi connectivity index (χ3v) is 17.6. The number of halogens is 11. The number of aromatic nitrogens is 5. The molecule has 0 radical (unpaired) electrons. The number of hydrogen-bond acceptors (Lipinski definition) is 8. The van der Waals surface area contributed by atoms with Crippen LogP contribution < -0.4 is 0 Å². The molecule has 0 saturated heterocycles. The van der Waals surface area contributed by atoms with Crippen LogP contribution in [0.5, 0.6) is 0 Å². The standard InChI is InChI=1S/C45H40ClF10N5O5S2/c1-43(2,68(65,66)30-6-7-30)12-11-27-3-8-31(32-9-10-33(46)36-34(22-67(63,64)29-4-5-29)58-60(40(32)36)21-35(49)50)38(57-27)24(15-23-16-25(47)19-26(48)17-23)18-28(62)20-61-41-37(39(59-61)42(51)52)44(53,54)13-14-45(41,55)56/h3,8-10,16-17,19,24,29-30,35,42H,4-7,13-15,18,20-22H2,1-2H3/t24-/m1/s1. The zero-order valence-corrected chi connectivity index (χ0v) is 38.3. The minimum absolute atomic E-state index is 0.00796. The summed E-state index contributed by atoms with van der Waals surface area (Å²) in [4.78, 5) is 18.9. The van der Waals surface area contributed by atoms with E-state index in [2.05, 4.69) is 22.0 Å². The van der Waals surface area contributed by atoms with E-state index in [9.17, 15) is 48.0 Å². The molecule has 3 aliphatic carbocycles. The summed E-state index contributed by atoms with van der Waals surface area (Å²) in [5, 5.41) is 6.21. The Morgan fingerprint density at radius 3 is 2.10 bits per heavy atom. The van der Waals surface area contributed by atoms with Gasteiger partial charge in [0.2, 0.25) is 0 Å². The van der Waals surface area contributed by atoms with Crippen LogP contribution in [-0.4, -0.2) is 68.8 Å². The first-order chi connectivity index (χ1) is 31.7. The van der Waals surface area contributed by atoms with Gasteiger partial charge in [-0.3, -0.25) is 14.2 Å². The zero-order chi connectivity index (χ0) is 49.5. The van der Waals surface area contributed by atoms with Gasteiger partial charge < -0.3 is 0 Å². The number of carbonyl (C=O) groups is 1. The number of benzene rings is 2. The van der Waals surface area contributed by atoms with Gasteiger partial charge in [0.05, 0.1) is 43.7 Å². The maximum atomic E-state index is 15.4. The van der Waals surface area contributed by atoms with Crippen molar-refractivity contribution in [1.82, 2.24) is 24.5 Å². The SMILES string of the molecule is CC(C)(C#Cc1ccc(-c2ccc(Cl)c3c(CS(=O)(=O)C4CC4)nn(CC(F)F)c23)c([C@@H](CC(=O)Cn2nc(C(F)F)c3c2C(F)(F)CCC3(F)F)Cc2cc(F)cc(F)c2)n1)S(=O)(=O)C1CC1. The molecule has 3 aromatic heterocycles. The smallest absolute Gasteiger partial charge is 0.290 e. The molecule has 0 unspecified atom stereocenters. The van der Waals surface area contributed by atoms with Gasteiger partial charge in [0.1, 0.15) is 46.6 Å². The first-order valence-corrected chi connectivity index (χ1v) is 24.9. The Kier molecular flexibility index (Phi) is 12.9. The number of Topliss-reactive ketones (excluding diaryl/α,β-unsaturated/α-hetero) is 1. The molecule has 0 aliphatic heterocycles. The maximum absolute atomic E-state index is 15.4. The normalized spacial score (nSPS) is 17.6. The fourth-order valence-electron chi connectivity index (χ4n) is 8.66. The van der Waals surface area contributed by atoms with E-state index in [-0.39, 0.29) is 54.4 Å². The molecule has 3 heterocycles. The quantitative estimate of drug-likeness (QED) is 0.0705. The fraction of sp³-hybridized carbons (Fsp3) is 0.467. The van der Waals surface area contributed by atoms with Gasteiger partial charge in [-0.25, -0.2) is 56.9 Å². The minimum atomic E-state index is -4.16. The van der Waals surface area contributed by atoms with Crippen LogP contribution in [0, 0.1) is 23.5 Å². The maximum Gasteiger partial charge on any atom is 0.290 e. The van der Waals surface area contributed by atoms with E-state index in [1.165, 1.54) is 38.1 Å². The van der Waals surface area contributed by atoms with E-state index in [1.54, 1.807) is 0 Å². The molecule has 1 atom stereocenters. The first-order valence-electron chi connectivity index (χ1n) is 21.3. The number of rotatable bonds is 16. The van der Waals surface area contributed by atoms with Crippen molar-refractivity contribution in [1.29, 1.82) is 0 Å². The van der Waals surface area contributed by atoms with Crippen molar-refractivity contribution in [3.63, 3.8) is 0 Å². The lowest BCUT2D eigenvalue weighted by Crippen LogP contribution is -2.33. The van der Waals surface area contributed by atoms with E-state index in [1.807, 2.05) is 0 Å².